The predicted octanol–water partition coefficient (Wildman–Crippen LogP) is 11.8. The minimum absolute atomic E-state index is 0. The van der Waals surface area contributed by atoms with Crippen LogP contribution in [-0.4, -0.2) is 9.97 Å². The Bertz CT molecular complexity index is 2260. The molecule has 3 heterocycles. The number of pyridine rings is 2. The van der Waals surface area contributed by atoms with Crippen LogP contribution in [0, 0.1) is 19.1 Å². The van der Waals surface area contributed by atoms with Crippen molar-refractivity contribution < 1.29 is 20.1 Å². The van der Waals surface area contributed by atoms with E-state index in [4.69, 9.17) is 4.98 Å². The molecule has 237 valence electrons. The summed E-state index contributed by atoms with van der Waals surface area (Å²) in [7, 11) is 0. The summed E-state index contributed by atoms with van der Waals surface area (Å²) in [4.78, 5) is 9.34. The molecular formula is C44H34IrN2S-2. The monoisotopic (exact) mass is 815 g/mol. The van der Waals surface area contributed by atoms with Gasteiger partial charge >= 0.3 is 0 Å². The summed E-state index contributed by atoms with van der Waals surface area (Å²) in [6.45, 7) is 6.59. The standard InChI is InChI=1S/C26H20NS.C18H14N.Ir/c1-26(2,18-9-4-3-5-10-18)19-15-16-23(27-17-19)22-13-8-12-21-20-11-6-7-14-24(20)28-25(21)22;1-14-13-19-18(16-10-6-3-7-11-16)12-17(14)15-8-4-2-5-9-15;/h3-12,14-17H,1-2H3;2-10,12-13H,1H3;/q2*-1;. The first-order chi connectivity index (χ1) is 23.0. The summed E-state index contributed by atoms with van der Waals surface area (Å²) in [6, 6.07) is 54.8. The molecule has 0 N–H and O–H groups in total. The predicted molar refractivity (Wildman–Crippen MR) is 199 cm³/mol. The Morgan fingerprint density at radius 2 is 1.31 bits per heavy atom. The third kappa shape index (κ3) is 6.79. The summed E-state index contributed by atoms with van der Waals surface area (Å²) >= 11 is 1.82. The summed E-state index contributed by atoms with van der Waals surface area (Å²) < 4.78 is 2.56. The van der Waals surface area contributed by atoms with E-state index < -0.39 is 0 Å². The maximum Gasteiger partial charge on any atom is 0.0239 e. The van der Waals surface area contributed by atoms with Crippen LogP contribution in [0.25, 0.3) is 53.8 Å². The van der Waals surface area contributed by atoms with Gasteiger partial charge in [-0.1, -0.05) is 116 Å². The molecule has 0 unspecified atom stereocenters. The van der Waals surface area contributed by atoms with Gasteiger partial charge in [-0.05, 0) is 62.3 Å². The molecule has 2 nitrogen and oxygen atoms in total. The van der Waals surface area contributed by atoms with Crippen LogP contribution in [0.5, 0.6) is 0 Å². The number of aromatic nitrogens is 2. The van der Waals surface area contributed by atoms with Gasteiger partial charge in [0.2, 0.25) is 0 Å². The Morgan fingerprint density at radius 3 is 2.04 bits per heavy atom. The van der Waals surface area contributed by atoms with E-state index in [0.29, 0.717) is 0 Å². The zero-order valence-electron chi connectivity index (χ0n) is 27.1. The van der Waals surface area contributed by atoms with E-state index in [1.165, 1.54) is 48.0 Å². The molecule has 0 aliphatic heterocycles. The van der Waals surface area contributed by atoms with Gasteiger partial charge in [0.25, 0.3) is 0 Å². The molecular weight excluding hydrogens is 781 g/mol. The van der Waals surface area contributed by atoms with Gasteiger partial charge in [0.15, 0.2) is 0 Å². The number of benzene rings is 5. The average Bonchev–Trinajstić information content (AvgIpc) is 3.52. The van der Waals surface area contributed by atoms with E-state index >= 15 is 0 Å². The molecule has 8 rings (SSSR count). The molecule has 0 fully saturated rings. The molecule has 8 aromatic rings. The van der Waals surface area contributed by atoms with Crippen LogP contribution in [-0.2, 0) is 25.5 Å². The van der Waals surface area contributed by atoms with Gasteiger partial charge in [-0.2, -0.15) is 11.3 Å². The molecule has 0 aliphatic carbocycles. The molecule has 48 heavy (non-hydrogen) atoms. The molecule has 0 saturated carbocycles. The van der Waals surface area contributed by atoms with Crippen molar-refractivity contribution in [2.75, 3.05) is 0 Å². The van der Waals surface area contributed by atoms with Crippen molar-refractivity contribution in [2.24, 2.45) is 0 Å². The van der Waals surface area contributed by atoms with Crippen molar-refractivity contribution in [1.29, 1.82) is 0 Å². The van der Waals surface area contributed by atoms with E-state index in [1.807, 2.05) is 60.1 Å². The summed E-state index contributed by atoms with van der Waals surface area (Å²) in [5.74, 6) is 0. The van der Waals surface area contributed by atoms with Crippen LogP contribution in [0.15, 0.2) is 152 Å². The molecule has 0 bridgehead atoms. The number of aryl methyl sites for hydroxylation is 1. The van der Waals surface area contributed by atoms with E-state index in [-0.39, 0.29) is 25.5 Å². The first-order valence-corrected chi connectivity index (χ1v) is 16.6. The van der Waals surface area contributed by atoms with Crippen molar-refractivity contribution in [3.05, 3.63) is 181 Å². The van der Waals surface area contributed by atoms with Gasteiger partial charge in [-0.15, -0.1) is 59.7 Å². The number of rotatable bonds is 5. The van der Waals surface area contributed by atoms with E-state index in [2.05, 4.69) is 141 Å². The molecule has 0 aliphatic rings. The number of hydrogen-bond acceptors (Lipinski definition) is 3. The van der Waals surface area contributed by atoms with Crippen LogP contribution in [0.1, 0.15) is 30.5 Å². The molecule has 4 heteroatoms. The Balaban J connectivity index is 0.000000176. The second kappa shape index (κ2) is 14.6. The van der Waals surface area contributed by atoms with Crippen molar-refractivity contribution in [3.63, 3.8) is 0 Å². The fraction of sp³-hybridized carbons (Fsp3) is 0.0909. The summed E-state index contributed by atoms with van der Waals surface area (Å²) in [5, 5.41) is 2.59. The first-order valence-electron chi connectivity index (χ1n) is 15.8. The van der Waals surface area contributed by atoms with E-state index in [9.17, 15) is 0 Å². The van der Waals surface area contributed by atoms with Crippen molar-refractivity contribution in [3.8, 4) is 33.6 Å². The molecule has 0 saturated heterocycles. The largest absolute Gasteiger partial charge is 0.304 e. The van der Waals surface area contributed by atoms with Gasteiger partial charge in [0.1, 0.15) is 0 Å². The van der Waals surface area contributed by atoms with E-state index in [0.717, 1.165) is 22.5 Å². The van der Waals surface area contributed by atoms with Crippen LogP contribution in [0.2, 0.25) is 0 Å². The smallest absolute Gasteiger partial charge is 0.0239 e. The SMILES string of the molecule is CC(C)(c1ccccc1)c1ccc(-c2[c-]ccc3c2sc2ccccc23)nc1.Cc1cnc(-c2[c-]cccc2)cc1-c1ccccc1.[Ir]. The van der Waals surface area contributed by atoms with Crippen LogP contribution < -0.4 is 0 Å². The van der Waals surface area contributed by atoms with Gasteiger partial charge in [-0.3, -0.25) is 0 Å². The first kappa shape index (κ1) is 33.2. The number of thiophene rings is 1. The zero-order chi connectivity index (χ0) is 32.2. The number of hydrogen-bond donors (Lipinski definition) is 0. The van der Waals surface area contributed by atoms with Crippen molar-refractivity contribution >= 4 is 31.5 Å². The molecule has 1 radical (unpaired) electrons. The van der Waals surface area contributed by atoms with Crippen LogP contribution >= 0.6 is 11.3 Å². The van der Waals surface area contributed by atoms with Crippen LogP contribution in [0.3, 0.4) is 0 Å². The summed E-state index contributed by atoms with van der Waals surface area (Å²) in [5.41, 5.74) is 10.1. The number of nitrogens with zero attached hydrogens (tertiary/aromatic N) is 2. The Morgan fingerprint density at radius 1 is 0.604 bits per heavy atom. The number of fused-ring (bicyclic) bond motifs is 3. The Hall–Kier alpha value is -4.73. The maximum absolute atomic E-state index is 4.84. The van der Waals surface area contributed by atoms with Crippen molar-refractivity contribution in [2.45, 2.75) is 26.2 Å². The Labute approximate surface area is 300 Å². The fourth-order valence-corrected chi connectivity index (χ4v) is 7.17. The normalized spacial score (nSPS) is 11.1. The minimum Gasteiger partial charge on any atom is -0.304 e. The van der Waals surface area contributed by atoms with Gasteiger partial charge in [0, 0.05) is 42.6 Å². The van der Waals surface area contributed by atoms with Gasteiger partial charge in [0.05, 0.1) is 0 Å². The minimum atomic E-state index is -0.0832. The molecule has 0 spiro atoms. The average molecular weight is 815 g/mol. The second-order valence-corrected chi connectivity index (χ2v) is 13.2. The van der Waals surface area contributed by atoms with Gasteiger partial charge < -0.3 is 9.97 Å². The van der Waals surface area contributed by atoms with Gasteiger partial charge in [-0.25, -0.2) is 0 Å². The van der Waals surface area contributed by atoms with Crippen LogP contribution in [0.4, 0.5) is 0 Å². The summed E-state index contributed by atoms with van der Waals surface area (Å²) in [6.07, 6.45) is 3.95. The molecule has 0 atom stereocenters. The molecule has 3 aromatic heterocycles. The quantitative estimate of drug-likeness (QED) is 0.162. The van der Waals surface area contributed by atoms with E-state index in [1.54, 1.807) is 0 Å². The molecule has 5 aromatic carbocycles. The second-order valence-electron chi connectivity index (χ2n) is 12.1. The van der Waals surface area contributed by atoms with Crippen molar-refractivity contribution in [1.82, 2.24) is 9.97 Å². The maximum atomic E-state index is 4.84. The molecule has 0 amide bonds. The topological polar surface area (TPSA) is 25.8 Å². The Kier molecular flexibility index (Phi) is 10.1. The zero-order valence-corrected chi connectivity index (χ0v) is 30.3. The third-order valence-corrected chi connectivity index (χ3v) is 9.95. The third-order valence-electron chi connectivity index (χ3n) is 8.75. The fourth-order valence-electron chi connectivity index (χ4n) is 5.97.